The summed E-state index contributed by atoms with van der Waals surface area (Å²) in [4.78, 5) is -0.149. The van der Waals surface area contributed by atoms with Crippen LogP contribution in [-0.2, 0) is 10.1 Å². The molecule has 118 valence electrons. The molecule has 0 aliphatic carbocycles. The molecule has 5 nitrogen and oxygen atoms in total. The first-order valence-electron chi connectivity index (χ1n) is 5.42. The molecule has 22 heavy (non-hydrogen) atoms. The normalized spacial score (nSPS) is 11.5. The molecule has 0 aliphatic rings. The second-order valence-electron chi connectivity index (χ2n) is 4.01. The van der Waals surface area contributed by atoms with E-state index in [0.29, 0.717) is 0 Å². The third kappa shape index (κ3) is 3.78. The number of aromatic hydroxyl groups is 2. The number of phenolic OH excluding ortho intramolecular Hbond substituents is 2. The maximum atomic E-state index is 12.3. The van der Waals surface area contributed by atoms with Gasteiger partial charge >= 0.3 is 10.1 Å². The Hall–Kier alpha value is -0.290. The van der Waals surface area contributed by atoms with Crippen molar-refractivity contribution in [1.29, 1.82) is 0 Å². The zero-order valence-corrected chi connectivity index (χ0v) is 17.5. The highest BCUT2D eigenvalue weighted by Crippen LogP contribution is 2.38. The van der Waals surface area contributed by atoms with Crippen molar-refractivity contribution < 1.29 is 22.8 Å². The molecule has 0 bridgehead atoms. The van der Waals surface area contributed by atoms with E-state index < -0.39 is 10.1 Å². The van der Waals surface area contributed by atoms with Gasteiger partial charge in [-0.1, -0.05) is 0 Å². The molecule has 10 heteroatoms. The summed E-state index contributed by atoms with van der Waals surface area (Å²) >= 11 is 12.3. The predicted octanol–water partition coefficient (Wildman–Crippen LogP) is 4.92. The van der Waals surface area contributed by atoms with Crippen molar-refractivity contribution in [2.24, 2.45) is 0 Å². The van der Waals surface area contributed by atoms with E-state index in [-0.39, 0.29) is 40.0 Å². The lowest BCUT2D eigenvalue weighted by atomic mass is 10.3. The minimum absolute atomic E-state index is 0.0110. The largest absolute Gasteiger partial charge is 0.506 e. The lowest BCUT2D eigenvalue weighted by Gasteiger charge is -2.10. The number of hydrogen-bond donors (Lipinski definition) is 2. The zero-order valence-electron chi connectivity index (χ0n) is 10.3. The number of rotatable bonds is 3. The van der Waals surface area contributed by atoms with Gasteiger partial charge in [-0.25, -0.2) is 0 Å². The van der Waals surface area contributed by atoms with Gasteiger partial charge in [-0.15, -0.1) is 0 Å². The molecule has 0 spiro atoms. The molecular weight excluding hydrogens is 576 g/mol. The van der Waals surface area contributed by atoms with Crippen LogP contribution in [0, 0.1) is 0 Å². The Balaban J connectivity index is 2.44. The van der Waals surface area contributed by atoms with E-state index in [1.807, 2.05) is 0 Å². The monoisotopic (exact) mass is 578 g/mol. The van der Waals surface area contributed by atoms with E-state index in [0.717, 1.165) is 0 Å². The Bertz CT molecular complexity index is 805. The van der Waals surface area contributed by atoms with Gasteiger partial charge in [0.1, 0.15) is 22.1 Å². The highest BCUT2D eigenvalue weighted by Gasteiger charge is 2.21. The van der Waals surface area contributed by atoms with Crippen molar-refractivity contribution in [2.45, 2.75) is 4.90 Å². The second-order valence-corrected chi connectivity index (χ2v) is 8.97. The Labute approximate surface area is 159 Å². The van der Waals surface area contributed by atoms with Gasteiger partial charge in [0, 0.05) is 0 Å². The molecule has 0 atom stereocenters. The molecule has 2 rings (SSSR count). The van der Waals surface area contributed by atoms with Crippen molar-refractivity contribution in [3.63, 3.8) is 0 Å². The average Bonchev–Trinajstić information content (AvgIpc) is 2.41. The van der Waals surface area contributed by atoms with Crippen molar-refractivity contribution in [2.75, 3.05) is 0 Å². The van der Waals surface area contributed by atoms with E-state index in [9.17, 15) is 18.6 Å². The zero-order chi connectivity index (χ0) is 16.7. The second kappa shape index (κ2) is 6.68. The minimum Gasteiger partial charge on any atom is -0.506 e. The summed E-state index contributed by atoms with van der Waals surface area (Å²) in [7, 11) is -4.12. The van der Waals surface area contributed by atoms with E-state index >= 15 is 0 Å². The van der Waals surface area contributed by atoms with Crippen LogP contribution in [0.2, 0.25) is 0 Å². The maximum Gasteiger partial charge on any atom is 0.339 e. The van der Waals surface area contributed by atoms with Crippen LogP contribution in [-0.4, -0.2) is 18.6 Å². The van der Waals surface area contributed by atoms with Gasteiger partial charge in [0.05, 0.1) is 17.9 Å². The van der Waals surface area contributed by atoms with Crippen LogP contribution in [0.3, 0.4) is 0 Å². The summed E-state index contributed by atoms with van der Waals surface area (Å²) in [6, 6.07) is 5.09. The Morgan fingerprint density at radius 3 is 1.55 bits per heavy atom. The smallest absolute Gasteiger partial charge is 0.339 e. The first-order chi connectivity index (χ1) is 10.1. The molecule has 0 aliphatic heterocycles. The molecule has 0 heterocycles. The van der Waals surface area contributed by atoms with Crippen LogP contribution < -0.4 is 4.18 Å². The molecule has 0 radical (unpaired) electrons. The fourth-order valence-corrected chi connectivity index (χ4v) is 5.06. The van der Waals surface area contributed by atoms with Crippen LogP contribution in [0.5, 0.6) is 17.2 Å². The molecule has 0 unspecified atom stereocenters. The van der Waals surface area contributed by atoms with Crippen LogP contribution in [0.4, 0.5) is 0 Å². The predicted molar refractivity (Wildman–Crippen MR) is 94.8 cm³/mol. The van der Waals surface area contributed by atoms with Crippen LogP contribution in [0.1, 0.15) is 0 Å². The average molecular weight is 582 g/mol. The molecule has 0 aromatic heterocycles. The SMILES string of the molecule is O=S(=O)(Oc1cc(Br)c(O)c(Br)c1)c1cc(Br)c(O)c(Br)c1. The Kier molecular flexibility index (Phi) is 5.48. The first kappa shape index (κ1) is 18.1. The fraction of sp³-hybridized carbons (Fsp3) is 0. The Morgan fingerprint density at radius 2 is 1.14 bits per heavy atom. The Morgan fingerprint density at radius 1 is 0.773 bits per heavy atom. The minimum atomic E-state index is -4.12. The summed E-state index contributed by atoms with van der Waals surface area (Å²) in [6.45, 7) is 0. The molecular formula is C12H6Br4O5S. The van der Waals surface area contributed by atoms with Crippen molar-refractivity contribution in [3.8, 4) is 17.2 Å². The topological polar surface area (TPSA) is 83.8 Å². The number of halogens is 4. The van der Waals surface area contributed by atoms with Gasteiger partial charge < -0.3 is 14.4 Å². The molecule has 0 saturated heterocycles. The van der Waals surface area contributed by atoms with Gasteiger partial charge in [-0.3, -0.25) is 0 Å². The van der Waals surface area contributed by atoms with Gasteiger partial charge in [0.2, 0.25) is 0 Å². The van der Waals surface area contributed by atoms with Crippen LogP contribution >= 0.6 is 63.7 Å². The summed E-state index contributed by atoms with van der Waals surface area (Å²) in [5.41, 5.74) is 0. The van der Waals surface area contributed by atoms with Gasteiger partial charge in [0.15, 0.2) is 0 Å². The molecule has 0 amide bonds. The van der Waals surface area contributed by atoms with E-state index in [4.69, 9.17) is 4.18 Å². The van der Waals surface area contributed by atoms with Crippen LogP contribution in [0.15, 0.2) is 47.1 Å². The highest BCUT2D eigenvalue weighted by atomic mass is 79.9. The standard InChI is InChI=1S/C12H6Br4O5S/c13-7-1-5(2-8(14)11(7)17)21-22(19,20)6-3-9(15)12(18)10(16)4-6/h1-4,17-18H. The number of benzene rings is 2. The number of hydrogen-bond acceptors (Lipinski definition) is 5. The lowest BCUT2D eigenvalue weighted by molar-refractivity contribution is 0.461. The van der Waals surface area contributed by atoms with Crippen molar-refractivity contribution >= 4 is 73.8 Å². The van der Waals surface area contributed by atoms with E-state index in [1.54, 1.807) is 0 Å². The summed E-state index contributed by atoms with van der Waals surface area (Å²) < 4.78 is 30.6. The maximum absolute atomic E-state index is 12.3. The fourth-order valence-electron chi connectivity index (χ4n) is 1.45. The quantitative estimate of drug-likeness (QED) is 0.503. The summed E-state index contributed by atoms with van der Waals surface area (Å²) in [6.07, 6.45) is 0. The molecule has 0 saturated carbocycles. The third-order valence-corrected chi connectivity index (χ3v) is 6.12. The van der Waals surface area contributed by atoms with Gasteiger partial charge in [0.25, 0.3) is 0 Å². The molecule has 2 aromatic carbocycles. The third-order valence-electron chi connectivity index (χ3n) is 2.48. The first-order valence-corrected chi connectivity index (χ1v) is 10.0. The molecule has 2 aromatic rings. The van der Waals surface area contributed by atoms with Gasteiger partial charge in [-0.05, 0) is 88.0 Å². The van der Waals surface area contributed by atoms with Crippen molar-refractivity contribution in [3.05, 3.63) is 42.2 Å². The van der Waals surface area contributed by atoms with E-state index in [2.05, 4.69) is 63.7 Å². The molecule has 0 fully saturated rings. The number of phenols is 2. The lowest BCUT2D eigenvalue weighted by Crippen LogP contribution is -2.10. The summed E-state index contributed by atoms with van der Waals surface area (Å²) in [5.74, 6) is -0.175. The van der Waals surface area contributed by atoms with Gasteiger partial charge in [-0.2, -0.15) is 8.42 Å². The molecule has 2 N–H and O–H groups in total. The van der Waals surface area contributed by atoms with E-state index in [1.165, 1.54) is 24.3 Å². The highest BCUT2D eigenvalue weighted by molar-refractivity contribution is 9.11. The van der Waals surface area contributed by atoms with Crippen molar-refractivity contribution in [1.82, 2.24) is 0 Å². The van der Waals surface area contributed by atoms with Crippen LogP contribution in [0.25, 0.3) is 0 Å². The summed E-state index contributed by atoms with van der Waals surface area (Å²) in [5, 5.41) is 19.2.